The molecule has 24 heavy (non-hydrogen) atoms. The van der Waals surface area contributed by atoms with E-state index in [1.165, 1.54) is 16.9 Å². The van der Waals surface area contributed by atoms with Crippen molar-refractivity contribution in [2.75, 3.05) is 0 Å². The van der Waals surface area contributed by atoms with Crippen LogP contribution < -0.4 is 4.74 Å². The number of ether oxygens (including phenoxy) is 2. The van der Waals surface area contributed by atoms with E-state index in [4.69, 9.17) is 21.1 Å². The summed E-state index contributed by atoms with van der Waals surface area (Å²) in [6, 6.07) is 7.94. The van der Waals surface area contributed by atoms with Crippen molar-refractivity contribution in [2.24, 2.45) is 5.92 Å². The normalized spacial score (nSPS) is 22.1. The zero-order chi connectivity index (χ0) is 16.8. The van der Waals surface area contributed by atoms with Crippen LogP contribution in [0.2, 0.25) is 4.34 Å². The summed E-state index contributed by atoms with van der Waals surface area (Å²) in [5.41, 5.74) is 3.99. The Morgan fingerprint density at radius 3 is 2.96 bits per heavy atom. The van der Waals surface area contributed by atoms with Crippen molar-refractivity contribution in [3.63, 3.8) is 0 Å². The van der Waals surface area contributed by atoms with Gasteiger partial charge in [0.15, 0.2) is 0 Å². The fourth-order valence-electron chi connectivity index (χ4n) is 3.62. The largest absolute Gasteiger partial charge is 0.488 e. The lowest BCUT2D eigenvalue weighted by atomic mass is 9.78. The Balaban J connectivity index is 1.63. The molecular weight excluding hydrogens is 344 g/mol. The van der Waals surface area contributed by atoms with E-state index < -0.39 is 0 Å². The minimum atomic E-state index is -0.267. The van der Waals surface area contributed by atoms with Gasteiger partial charge in [0, 0.05) is 21.9 Å². The number of halogens is 1. The van der Waals surface area contributed by atoms with Crippen molar-refractivity contribution in [1.29, 1.82) is 0 Å². The topological polar surface area (TPSA) is 35.5 Å². The molecule has 2 atom stereocenters. The van der Waals surface area contributed by atoms with Crippen LogP contribution in [0, 0.1) is 12.8 Å². The van der Waals surface area contributed by atoms with Gasteiger partial charge in [0.1, 0.15) is 18.5 Å². The molecule has 1 aromatic heterocycles. The van der Waals surface area contributed by atoms with Gasteiger partial charge in [-0.05, 0) is 49.1 Å². The molecule has 2 aliphatic rings. The van der Waals surface area contributed by atoms with E-state index in [0.717, 1.165) is 38.9 Å². The lowest BCUT2D eigenvalue weighted by Gasteiger charge is -2.28. The average molecular weight is 361 g/mol. The summed E-state index contributed by atoms with van der Waals surface area (Å²) < 4.78 is 12.3. The predicted octanol–water partition coefficient (Wildman–Crippen LogP) is 5.01. The van der Waals surface area contributed by atoms with Crippen molar-refractivity contribution in [1.82, 2.24) is 0 Å². The fourth-order valence-corrected chi connectivity index (χ4v) is 4.62. The molecule has 1 aliphatic carbocycles. The van der Waals surface area contributed by atoms with Crippen LogP contribution in [0.4, 0.5) is 0 Å². The number of hydrogen-bond donors (Lipinski definition) is 0. The smallest absolute Gasteiger partial charge is 0.334 e. The molecule has 124 valence electrons. The number of rotatable bonds is 3. The van der Waals surface area contributed by atoms with E-state index in [-0.39, 0.29) is 18.0 Å². The molecule has 2 aromatic rings. The molecule has 4 rings (SSSR count). The van der Waals surface area contributed by atoms with Crippen LogP contribution in [0.3, 0.4) is 0 Å². The maximum Gasteiger partial charge on any atom is 0.334 e. The van der Waals surface area contributed by atoms with Crippen LogP contribution in [0.5, 0.6) is 5.75 Å². The van der Waals surface area contributed by atoms with E-state index in [2.05, 4.69) is 12.6 Å². The number of fused-ring (bicyclic) bond motifs is 3. The lowest BCUT2D eigenvalue weighted by Crippen LogP contribution is -2.19. The van der Waals surface area contributed by atoms with Crippen LogP contribution in [0.25, 0.3) is 0 Å². The van der Waals surface area contributed by atoms with E-state index in [1.807, 2.05) is 25.1 Å². The Morgan fingerprint density at radius 1 is 1.38 bits per heavy atom. The van der Waals surface area contributed by atoms with Gasteiger partial charge in [0.05, 0.1) is 4.34 Å². The number of esters is 1. The Morgan fingerprint density at radius 2 is 2.21 bits per heavy atom. The molecule has 1 aromatic carbocycles. The monoisotopic (exact) mass is 360 g/mol. The van der Waals surface area contributed by atoms with Gasteiger partial charge in [-0.1, -0.05) is 24.2 Å². The second-order valence-corrected chi connectivity index (χ2v) is 8.05. The molecule has 1 unspecified atom stereocenters. The first-order valence-electron chi connectivity index (χ1n) is 7.93. The molecule has 1 aliphatic heterocycles. The van der Waals surface area contributed by atoms with Gasteiger partial charge in [0.25, 0.3) is 0 Å². The van der Waals surface area contributed by atoms with Crippen molar-refractivity contribution in [3.8, 4) is 5.75 Å². The average Bonchev–Trinajstić information content (AvgIpc) is 3.10. The Bertz CT molecular complexity index is 839. The van der Waals surface area contributed by atoms with Gasteiger partial charge < -0.3 is 9.47 Å². The zero-order valence-electron chi connectivity index (χ0n) is 13.3. The summed E-state index contributed by atoms with van der Waals surface area (Å²) in [6.45, 7) is 6.42. The van der Waals surface area contributed by atoms with Crippen LogP contribution >= 0.6 is 22.9 Å². The third kappa shape index (κ3) is 2.54. The molecule has 0 radical (unpaired) electrons. The number of benzene rings is 1. The lowest BCUT2D eigenvalue weighted by molar-refractivity contribution is -0.139. The minimum absolute atomic E-state index is 0.0926. The molecule has 2 heterocycles. The van der Waals surface area contributed by atoms with E-state index >= 15 is 0 Å². The first-order chi connectivity index (χ1) is 11.5. The summed E-state index contributed by atoms with van der Waals surface area (Å²) in [5.74, 6) is 0.652. The molecule has 0 spiro atoms. The number of hydrogen-bond acceptors (Lipinski definition) is 4. The third-order valence-corrected chi connectivity index (χ3v) is 6.08. The Hall–Kier alpha value is -1.78. The van der Waals surface area contributed by atoms with E-state index in [0.29, 0.717) is 12.2 Å². The standard InChI is InChI=1S/C19H17ClO3S/c1-10-14-6-3-12-4-7-15(22-9-13-5-8-16(20)24-13)11(2)17(12)18(14)23-19(10)21/h4-5,7-8,14,18H,1,3,6,9H2,2H3/t14?,18-/m1/s1. The summed E-state index contributed by atoms with van der Waals surface area (Å²) in [5, 5.41) is 0. The maximum absolute atomic E-state index is 11.9. The van der Waals surface area contributed by atoms with Crippen molar-refractivity contribution in [3.05, 3.63) is 62.3 Å². The number of carbonyl (C=O) groups excluding carboxylic acids is 1. The SMILES string of the molecule is C=C1C(=O)O[C@H]2c3c(ccc(OCc4ccc(Cl)s4)c3C)CCC12. The van der Waals surface area contributed by atoms with Gasteiger partial charge in [-0.3, -0.25) is 0 Å². The van der Waals surface area contributed by atoms with E-state index in [9.17, 15) is 4.79 Å². The van der Waals surface area contributed by atoms with Gasteiger partial charge in [-0.25, -0.2) is 4.79 Å². The summed E-state index contributed by atoms with van der Waals surface area (Å²) in [4.78, 5) is 13.0. The molecule has 1 fully saturated rings. The molecule has 0 N–H and O–H groups in total. The van der Waals surface area contributed by atoms with Gasteiger partial charge in [0.2, 0.25) is 0 Å². The zero-order valence-corrected chi connectivity index (χ0v) is 14.9. The van der Waals surface area contributed by atoms with Crippen LogP contribution in [-0.2, 0) is 22.6 Å². The summed E-state index contributed by atoms with van der Waals surface area (Å²) >= 11 is 7.48. The van der Waals surface area contributed by atoms with Crippen LogP contribution in [0.1, 0.15) is 34.1 Å². The quantitative estimate of drug-likeness (QED) is 0.570. The minimum Gasteiger partial charge on any atom is -0.488 e. The second kappa shape index (κ2) is 5.94. The van der Waals surface area contributed by atoms with Crippen molar-refractivity contribution >= 4 is 28.9 Å². The Labute approximate surface area is 149 Å². The number of thiophene rings is 1. The highest BCUT2D eigenvalue weighted by molar-refractivity contribution is 7.16. The van der Waals surface area contributed by atoms with Crippen molar-refractivity contribution in [2.45, 2.75) is 32.5 Å². The highest BCUT2D eigenvalue weighted by atomic mass is 35.5. The second-order valence-electron chi connectivity index (χ2n) is 6.25. The molecule has 5 heteroatoms. The molecule has 3 nitrogen and oxygen atoms in total. The fraction of sp³-hybridized carbons (Fsp3) is 0.316. The van der Waals surface area contributed by atoms with Gasteiger partial charge in [-0.2, -0.15) is 0 Å². The Kier molecular flexibility index (Phi) is 3.89. The number of carbonyl (C=O) groups is 1. The molecule has 0 bridgehead atoms. The molecule has 1 saturated heterocycles. The van der Waals surface area contributed by atoms with Crippen LogP contribution in [0.15, 0.2) is 36.4 Å². The van der Waals surface area contributed by atoms with Crippen LogP contribution in [-0.4, -0.2) is 5.97 Å². The molecule has 0 amide bonds. The highest BCUT2D eigenvalue weighted by Crippen LogP contribution is 2.48. The molecule has 0 saturated carbocycles. The molecular formula is C19H17ClO3S. The summed E-state index contributed by atoms with van der Waals surface area (Å²) in [7, 11) is 0. The maximum atomic E-state index is 11.9. The van der Waals surface area contributed by atoms with Gasteiger partial charge in [-0.15, -0.1) is 11.3 Å². The first-order valence-corrected chi connectivity index (χ1v) is 9.13. The third-order valence-electron chi connectivity index (χ3n) is 4.87. The predicted molar refractivity (Wildman–Crippen MR) is 94.6 cm³/mol. The van der Waals surface area contributed by atoms with Gasteiger partial charge >= 0.3 is 5.97 Å². The van der Waals surface area contributed by atoms with Crippen molar-refractivity contribution < 1.29 is 14.3 Å². The van der Waals surface area contributed by atoms with E-state index in [1.54, 1.807) is 0 Å². The highest BCUT2D eigenvalue weighted by Gasteiger charge is 2.43. The number of aryl methyl sites for hydroxylation is 1. The summed E-state index contributed by atoms with van der Waals surface area (Å²) in [6.07, 6.45) is 1.64. The first kappa shape index (κ1) is 15.7.